The number of nitrogens with zero attached hydrogens (tertiary/aromatic N) is 5. The molecule has 1 aliphatic rings. The number of hydrogen-bond donors (Lipinski definition) is 1. The first-order valence-corrected chi connectivity index (χ1v) is 13.7. The second kappa shape index (κ2) is 12.2. The number of amides is 2. The summed E-state index contributed by atoms with van der Waals surface area (Å²) in [4.78, 5) is 31.2. The predicted molar refractivity (Wildman–Crippen MR) is 146 cm³/mol. The molecule has 11 heteroatoms. The van der Waals surface area contributed by atoms with E-state index in [1.165, 1.54) is 29.4 Å². The molecule has 0 spiro atoms. The zero-order valence-electron chi connectivity index (χ0n) is 21.5. The van der Waals surface area contributed by atoms with Gasteiger partial charge in [0, 0.05) is 10.9 Å². The Balaban J connectivity index is 1.50. The second-order valence-electron chi connectivity index (χ2n) is 9.32. The summed E-state index contributed by atoms with van der Waals surface area (Å²) in [6.45, 7) is -0.321. The van der Waals surface area contributed by atoms with E-state index in [0.29, 0.717) is 16.3 Å². The van der Waals surface area contributed by atoms with E-state index < -0.39 is 17.8 Å². The van der Waals surface area contributed by atoms with Gasteiger partial charge in [-0.1, -0.05) is 49.6 Å². The number of benzene rings is 2. The average Bonchev–Trinajstić information content (AvgIpc) is 3.65. The van der Waals surface area contributed by atoms with E-state index in [9.17, 15) is 14.0 Å². The van der Waals surface area contributed by atoms with Gasteiger partial charge in [-0.25, -0.2) is 4.39 Å². The van der Waals surface area contributed by atoms with Crippen LogP contribution < -0.4 is 15.0 Å². The number of rotatable bonds is 9. The number of halogens is 1. The molecule has 9 nitrogen and oxygen atoms in total. The molecule has 2 amide bonds. The molecule has 5 rings (SSSR count). The zero-order chi connectivity index (χ0) is 27.2. The van der Waals surface area contributed by atoms with Crippen LogP contribution in [0.3, 0.4) is 0 Å². The van der Waals surface area contributed by atoms with Crippen molar-refractivity contribution in [3.63, 3.8) is 0 Å². The number of para-hydroxylation sites is 2. The van der Waals surface area contributed by atoms with Crippen LogP contribution in [0.2, 0.25) is 0 Å². The average molecular weight is 549 g/mol. The van der Waals surface area contributed by atoms with Crippen LogP contribution in [0.25, 0.3) is 11.4 Å². The SMILES string of the molecule is COc1ccccc1N(C(=O)Cn1nnc(-c2ccccc2F)n1)[C@@H](C(=O)NC1CCCCC1)c1cccs1. The lowest BCUT2D eigenvalue weighted by atomic mass is 9.95. The smallest absolute Gasteiger partial charge is 0.251 e. The lowest BCUT2D eigenvalue weighted by Gasteiger charge is -2.33. The Morgan fingerprint density at radius 3 is 2.62 bits per heavy atom. The Hall–Kier alpha value is -4.12. The molecule has 1 aliphatic carbocycles. The highest BCUT2D eigenvalue weighted by atomic mass is 32.1. The van der Waals surface area contributed by atoms with Crippen molar-refractivity contribution in [3.05, 3.63) is 76.7 Å². The quantitative estimate of drug-likeness (QED) is 0.323. The Bertz CT molecular complexity index is 1420. The normalized spacial score (nSPS) is 14.5. The number of nitrogens with one attached hydrogen (secondary N) is 1. The molecule has 0 saturated heterocycles. The molecule has 0 unspecified atom stereocenters. The van der Waals surface area contributed by atoms with Crippen molar-refractivity contribution in [1.29, 1.82) is 0 Å². The van der Waals surface area contributed by atoms with Gasteiger partial charge in [-0.15, -0.1) is 21.5 Å². The van der Waals surface area contributed by atoms with E-state index in [1.807, 2.05) is 17.5 Å². The Morgan fingerprint density at radius 2 is 1.87 bits per heavy atom. The van der Waals surface area contributed by atoms with Crippen molar-refractivity contribution in [2.45, 2.75) is 50.7 Å². The van der Waals surface area contributed by atoms with Crippen LogP contribution in [0.5, 0.6) is 5.75 Å². The van der Waals surface area contributed by atoms with Crippen molar-refractivity contribution in [3.8, 4) is 17.1 Å². The Labute approximate surface area is 229 Å². The number of hydrogen-bond acceptors (Lipinski definition) is 7. The van der Waals surface area contributed by atoms with E-state index in [-0.39, 0.29) is 29.9 Å². The van der Waals surface area contributed by atoms with Crippen LogP contribution in [0.15, 0.2) is 66.0 Å². The van der Waals surface area contributed by atoms with Gasteiger partial charge < -0.3 is 10.1 Å². The molecule has 39 heavy (non-hydrogen) atoms. The predicted octanol–water partition coefficient (Wildman–Crippen LogP) is 4.77. The van der Waals surface area contributed by atoms with E-state index in [1.54, 1.807) is 42.5 Å². The highest BCUT2D eigenvalue weighted by molar-refractivity contribution is 7.10. The van der Waals surface area contributed by atoms with Crippen molar-refractivity contribution >= 4 is 28.8 Å². The molecule has 2 aromatic heterocycles. The van der Waals surface area contributed by atoms with E-state index in [0.717, 1.165) is 36.9 Å². The third kappa shape index (κ3) is 5.98. The van der Waals surface area contributed by atoms with Gasteiger partial charge in [0.25, 0.3) is 5.91 Å². The minimum absolute atomic E-state index is 0.0589. The van der Waals surface area contributed by atoms with Gasteiger partial charge in [0.05, 0.1) is 18.4 Å². The van der Waals surface area contributed by atoms with Crippen molar-refractivity contribution in [2.75, 3.05) is 12.0 Å². The molecular formula is C28H29FN6O3S. The molecule has 2 heterocycles. The molecule has 202 valence electrons. The molecule has 4 aromatic rings. The molecule has 0 aliphatic heterocycles. The summed E-state index contributed by atoms with van der Waals surface area (Å²) in [5.41, 5.74) is 0.623. The van der Waals surface area contributed by atoms with Gasteiger partial charge in [-0.2, -0.15) is 4.80 Å². The fourth-order valence-electron chi connectivity index (χ4n) is 4.85. The minimum Gasteiger partial charge on any atom is -0.495 e. The van der Waals surface area contributed by atoms with Crippen LogP contribution in [0.4, 0.5) is 10.1 Å². The van der Waals surface area contributed by atoms with E-state index in [4.69, 9.17) is 4.74 Å². The number of carbonyl (C=O) groups is 2. The number of thiophene rings is 1. The van der Waals surface area contributed by atoms with Gasteiger partial charge in [0.1, 0.15) is 24.2 Å². The van der Waals surface area contributed by atoms with E-state index >= 15 is 0 Å². The fourth-order valence-corrected chi connectivity index (χ4v) is 5.66. The number of ether oxygens (including phenoxy) is 1. The van der Waals surface area contributed by atoms with Crippen LogP contribution in [-0.4, -0.2) is 45.2 Å². The standard InChI is InChI=1S/C28H29FN6O3S/c1-38-23-15-8-7-14-22(23)35(25(36)18-34-32-27(31-33-34)20-12-5-6-13-21(20)29)26(24-16-9-17-39-24)28(37)30-19-10-3-2-4-11-19/h5-9,12-17,19,26H,2-4,10-11,18H2,1H3,(H,30,37)/t26-/m1/s1. The van der Waals surface area contributed by atoms with Crippen molar-refractivity contribution in [1.82, 2.24) is 25.5 Å². The zero-order valence-corrected chi connectivity index (χ0v) is 22.3. The fraction of sp³-hybridized carbons (Fsp3) is 0.321. The summed E-state index contributed by atoms with van der Waals surface area (Å²) in [6, 6.07) is 16.0. The van der Waals surface area contributed by atoms with Crippen molar-refractivity contribution in [2.24, 2.45) is 0 Å². The number of tetrazole rings is 1. The lowest BCUT2D eigenvalue weighted by Crippen LogP contribution is -2.48. The number of methoxy groups -OCH3 is 1. The molecular weight excluding hydrogens is 519 g/mol. The Morgan fingerprint density at radius 1 is 1.10 bits per heavy atom. The molecule has 1 fully saturated rings. The maximum Gasteiger partial charge on any atom is 0.251 e. The number of carbonyl (C=O) groups excluding carboxylic acids is 2. The van der Waals surface area contributed by atoms with Crippen LogP contribution in [-0.2, 0) is 16.1 Å². The highest BCUT2D eigenvalue weighted by Crippen LogP contribution is 2.37. The summed E-state index contributed by atoms with van der Waals surface area (Å²) in [6.07, 6.45) is 5.10. The summed E-state index contributed by atoms with van der Waals surface area (Å²) in [5.74, 6) is -0.696. The number of aromatic nitrogens is 4. The Kier molecular flexibility index (Phi) is 8.26. The summed E-state index contributed by atoms with van der Waals surface area (Å²) < 4.78 is 19.9. The van der Waals surface area contributed by atoms with Gasteiger partial charge >= 0.3 is 0 Å². The first-order valence-electron chi connectivity index (χ1n) is 12.9. The van der Waals surface area contributed by atoms with Gasteiger partial charge in [0.15, 0.2) is 0 Å². The van der Waals surface area contributed by atoms with E-state index in [2.05, 4.69) is 20.7 Å². The van der Waals surface area contributed by atoms with Crippen LogP contribution in [0.1, 0.15) is 43.0 Å². The summed E-state index contributed by atoms with van der Waals surface area (Å²) >= 11 is 1.40. The molecule has 0 radical (unpaired) electrons. The monoisotopic (exact) mass is 548 g/mol. The lowest BCUT2D eigenvalue weighted by molar-refractivity contribution is -0.127. The number of anilines is 1. The molecule has 1 atom stereocenters. The van der Waals surface area contributed by atoms with Gasteiger partial charge in [-0.3, -0.25) is 14.5 Å². The largest absolute Gasteiger partial charge is 0.495 e. The molecule has 1 saturated carbocycles. The third-order valence-electron chi connectivity index (χ3n) is 6.73. The van der Waals surface area contributed by atoms with Gasteiger partial charge in [-0.05, 0) is 53.8 Å². The van der Waals surface area contributed by atoms with Gasteiger partial charge in [0.2, 0.25) is 11.7 Å². The third-order valence-corrected chi connectivity index (χ3v) is 7.65. The maximum absolute atomic E-state index is 14.3. The maximum atomic E-state index is 14.3. The summed E-state index contributed by atoms with van der Waals surface area (Å²) in [5, 5.41) is 17.2. The topological polar surface area (TPSA) is 102 Å². The second-order valence-corrected chi connectivity index (χ2v) is 10.3. The first-order chi connectivity index (χ1) is 19.0. The van der Waals surface area contributed by atoms with Crippen LogP contribution >= 0.6 is 11.3 Å². The molecule has 2 aromatic carbocycles. The summed E-state index contributed by atoms with van der Waals surface area (Å²) in [7, 11) is 1.52. The molecule has 0 bridgehead atoms. The highest BCUT2D eigenvalue weighted by Gasteiger charge is 2.36. The first kappa shape index (κ1) is 26.5. The van der Waals surface area contributed by atoms with Crippen molar-refractivity contribution < 1.29 is 18.7 Å². The molecule has 1 N–H and O–H groups in total. The minimum atomic E-state index is -0.940. The van der Waals surface area contributed by atoms with Crippen LogP contribution in [0, 0.1) is 5.82 Å².